The molecule has 0 radical (unpaired) electrons. The zero-order chi connectivity index (χ0) is 51.7. The van der Waals surface area contributed by atoms with Crippen molar-refractivity contribution < 1.29 is 48.3 Å². The first-order valence-electron chi connectivity index (χ1n) is 22.9. The van der Waals surface area contributed by atoms with Crippen molar-refractivity contribution in [2.24, 2.45) is 22.8 Å². The molecule has 0 spiro atoms. The quantitative estimate of drug-likeness (QED) is 0.0387. The van der Waals surface area contributed by atoms with Gasteiger partial charge in [-0.3, -0.25) is 38.4 Å². The molecular formula is C48H66N12O10. The Morgan fingerprint density at radius 2 is 1.30 bits per heavy atom. The number of carboxylic acid groups (broad SMARTS) is 1. The molecule has 4 aromatic rings. The number of rotatable bonds is 26. The fourth-order valence-corrected chi connectivity index (χ4v) is 7.42. The number of amides is 8. The number of carbonyl (C=O) groups excluding carboxylic acids is 8. The highest BCUT2D eigenvalue weighted by molar-refractivity contribution is 5.97. The van der Waals surface area contributed by atoms with Gasteiger partial charge in [-0.1, -0.05) is 83.1 Å². The van der Waals surface area contributed by atoms with E-state index in [1.54, 1.807) is 71.1 Å². The zero-order valence-corrected chi connectivity index (χ0v) is 40.2. The number of benzene rings is 2. The van der Waals surface area contributed by atoms with Crippen LogP contribution in [0.1, 0.15) is 77.6 Å². The molecule has 22 heteroatoms. The smallest absolute Gasteiger partial charge is 0.326 e. The number of fused-ring (bicyclic) bond motifs is 1. The topological polar surface area (TPSA) is 355 Å². The second kappa shape index (κ2) is 25.7. The van der Waals surface area contributed by atoms with Gasteiger partial charge in [-0.05, 0) is 54.7 Å². The Balaban J connectivity index is 1.46. The van der Waals surface area contributed by atoms with Crippen LogP contribution in [0.5, 0.6) is 0 Å². The maximum Gasteiger partial charge on any atom is 0.326 e. The summed E-state index contributed by atoms with van der Waals surface area (Å²) in [6.07, 6.45) is 4.16. The lowest BCUT2D eigenvalue weighted by Crippen LogP contribution is -2.60. The number of nitrogens with one attached hydrogen (secondary N) is 9. The molecule has 0 aliphatic rings. The highest BCUT2D eigenvalue weighted by Gasteiger charge is 2.36. The summed E-state index contributed by atoms with van der Waals surface area (Å²) in [6, 6.07) is 7.43. The molecule has 0 saturated heterocycles. The molecule has 8 amide bonds. The van der Waals surface area contributed by atoms with Gasteiger partial charge >= 0.3 is 5.97 Å². The van der Waals surface area contributed by atoms with Crippen LogP contribution in [0.25, 0.3) is 10.9 Å². The van der Waals surface area contributed by atoms with E-state index in [0.29, 0.717) is 11.3 Å². The second-order valence-electron chi connectivity index (χ2n) is 18.7. The third-order valence-corrected chi connectivity index (χ3v) is 11.2. The van der Waals surface area contributed by atoms with Gasteiger partial charge in [-0.15, -0.1) is 0 Å². The van der Waals surface area contributed by atoms with E-state index >= 15 is 0 Å². The summed E-state index contributed by atoms with van der Waals surface area (Å²) in [4.78, 5) is 129. The van der Waals surface area contributed by atoms with Gasteiger partial charge in [0.1, 0.15) is 36.3 Å². The monoisotopic (exact) mass is 971 g/mol. The molecule has 0 saturated carbocycles. The molecule has 4 rings (SSSR count). The molecule has 0 bridgehead atoms. The number of nitrogens with two attached hydrogens (primary N) is 2. The van der Waals surface area contributed by atoms with E-state index < -0.39 is 107 Å². The Morgan fingerprint density at radius 3 is 1.93 bits per heavy atom. The number of carbonyl (C=O) groups is 9. The van der Waals surface area contributed by atoms with Gasteiger partial charge in [0.2, 0.25) is 47.3 Å². The minimum absolute atomic E-state index is 0.0648. The van der Waals surface area contributed by atoms with Crippen LogP contribution < -0.4 is 48.7 Å². The maximum absolute atomic E-state index is 14.2. The number of primary amides is 1. The molecule has 0 unspecified atom stereocenters. The van der Waals surface area contributed by atoms with Crippen LogP contribution in [0.15, 0.2) is 73.3 Å². The summed E-state index contributed by atoms with van der Waals surface area (Å²) in [5.41, 5.74) is 13.2. The van der Waals surface area contributed by atoms with Crippen molar-refractivity contribution in [3.63, 3.8) is 0 Å². The van der Waals surface area contributed by atoms with Crippen molar-refractivity contribution in [3.8, 4) is 0 Å². The molecule has 70 heavy (non-hydrogen) atoms. The Hall–Kier alpha value is -7.62. The SMILES string of the molecule is CC(C)C[C@H](NC(=O)[C@H](Cc1c[nH]cn1)NC(=O)CNC(=O)[C@@H](NC(=O)[C@H](C)NC(=O)[C@H](Cc1c[nH]c2ccccc12)NC(=O)[C@H](CCC(N)=O)NC(=O)[C@H](N)Cc1ccccc1)C(C)(C)C)C(=O)O. The first-order valence-corrected chi connectivity index (χ1v) is 22.9. The fourth-order valence-electron chi connectivity index (χ4n) is 7.42. The van der Waals surface area contributed by atoms with Crippen LogP contribution in [-0.4, -0.2) is 122 Å². The van der Waals surface area contributed by atoms with Crippen molar-refractivity contribution >= 4 is 64.1 Å². The Bertz CT molecular complexity index is 2450. The van der Waals surface area contributed by atoms with E-state index in [0.717, 1.165) is 16.5 Å². The number of aromatic nitrogens is 3. The number of hydrogen-bond donors (Lipinski definition) is 12. The molecule has 2 aromatic carbocycles. The maximum atomic E-state index is 14.2. The largest absolute Gasteiger partial charge is 0.480 e. The minimum atomic E-state index is -1.35. The van der Waals surface area contributed by atoms with Gasteiger partial charge in [-0.25, -0.2) is 9.78 Å². The Morgan fingerprint density at radius 1 is 0.686 bits per heavy atom. The molecule has 2 heterocycles. The van der Waals surface area contributed by atoms with Gasteiger partial charge < -0.3 is 63.8 Å². The van der Waals surface area contributed by atoms with E-state index in [9.17, 15) is 48.3 Å². The summed E-state index contributed by atoms with van der Waals surface area (Å²) in [5, 5.41) is 28.5. The highest BCUT2D eigenvalue weighted by atomic mass is 16.4. The fraction of sp³-hybridized carbons (Fsp3) is 0.458. The predicted molar refractivity (Wildman–Crippen MR) is 258 cm³/mol. The standard InChI is InChI=1S/C48H66N12O10/c1-26(2)18-37(47(69)70)59-45(67)36(21-30-23-51-25-54-30)56-39(62)24-53-46(68)40(48(4,5)6)60-41(63)27(3)55-44(66)35(20-29-22-52-33-15-11-10-14-31(29)33)58-43(65)34(16-17-38(50)61)57-42(64)32(49)19-28-12-8-7-9-13-28/h7-15,22-23,25-27,32,34-37,40,52H,16-21,24,49H2,1-6H3,(H2,50,61)(H,51,54)(H,53,68)(H,55,66)(H,56,62)(H,57,64)(H,58,65)(H,59,67)(H,60,63)(H,69,70)/t27-,32+,34-,35-,36-,37-,40+/m0/s1. The molecule has 0 fully saturated rings. The molecular weight excluding hydrogens is 905 g/mol. The Kier molecular flexibility index (Phi) is 20.2. The van der Waals surface area contributed by atoms with E-state index in [1.807, 2.05) is 24.3 Å². The lowest BCUT2D eigenvalue weighted by molar-refractivity contribution is -0.142. The first-order chi connectivity index (χ1) is 33.0. The van der Waals surface area contributed by atoms with Crippen LogP contribution in [0.2, 0.25) is 0 Å². The lowest BCUT2D eigenvalue weighted by atomic mass is 9.86. The van der Waals surface area contributed by atoms with Gasteiger partial charge in [0.15, 0.2) is 0 Å². The average molecular weight is 971 g/mol. The molecule has 14 N–H and O–H groups in total. The van der Waals surface area contributed by atoms with Crippen molar-refractivity contribution in [2.45, 2.75) is 122 Å². The second-order valence-corrected chi connectivity index (χ2v) is 18.7. The van der Waals surface area contributed by atoms with E-state index in [2.05, 4.69) is 52.2 Å². The molecule has 7 atom stereocenters. The number of imidazole rings is 1. The van der Waals surface area contributed by atoms with Gasteiger partial charge in [0, 0.05) is 42.6 Å². The van der Waals surface area contributed by atoms with Gasteiger partial charge in [0.25, 0.3) is 0 Å². The van der Waals surface area contributed by atoms with Crippen LogP contribution in [0, 0.1) is 11.3 Å². The number of carboxylic acids is 1. The molecule has 0 aliphatic heterocycles. The van der Waals surface area contributed by atoms with Crippen molar-refractivity contribution in [3.05, 3.63) is 90.1 Å². The van der Waals surface area contributed by atoms with Crippen LogP contribution in [0.3, 0.4) is 0 Å². The Labute approximate surface area is 405 Å². The van der Waals surface area contributed by atoms with Crippen LogP contribution >= 0.6 is 0 Å². The number of hydrogen-bond acceptors (Lipinski definition) is 11. The molecule has 22 nitrogen and oxygen atoms in total. The summed E-state index contributed by atoms with van der Waals surface area (Å²) < 4.78 is 0. The number of H-pyrrole nitrogens is 2. The predicted octanol–water partition coefficient (Wildman–Crippen LogP) is -0.267. The van der Waals surface area contributed by atoms with Crippen molar-refractivity contribution in [1.29, 1.82) is 0 Å². The average Bonchev–Trinajstić information content (AvgIpc) is 3.97. The number of nitrogens with zero attached hydrogens (tertiary/aromatic N) is 1. The number of aliphatic carboxylic acids is 1. The first kappa shape index (κ1) is 55.0. The van der Waals surface area contributed by atoms with E-state index in [4.69, 9.17) is 11.5 Å². The van der Waals surface area contributed by atoms with Gasteiger partial charge in [0.05, 0.1) is 24.6 Å². The van der Waals surface area contributed by atoms with Crippen molar-refractivity contribution in [2.75, 3.05) is 6.54 Å². The lowest BCUT2D eigenvalue weighted by Gasteiger charge is -2.31. The molecule has 0 aliphatic carbocycles. The van der Waals surface area contributed by atoms with Gasteiger partial charge in [-0.2, -0.15) is 0 Å². The third-order valence-electron chi connectivity index (χ3n) is 11.2. The minimum Gasteiger partial charge on any atom is -0.480 e. The normalized spacial score (nSPS) is 14.4. The molecule has 2 aromatic heterocycles. The zero-order valence-electron chi connectivity index (χ0n) is 40.2. The highest BCUT2D eigenvalue weighted by Crippen LogP contribution is 2.21. The summed E-state index contributed by atoms with van der Waals surface area (Å²) in [7, 11) is 0. The van der Waals surface area contributed by atoms with Crippen molar-refractivity contribution in [1.82, 2.24) is 52.2 Å². The third kappa shape index (κ3) is 17.2. The van der Waals surface area contributed by atoms with E-state index in [1.165, 1.54) is 19.4 Å². The number of para-hydroxylation sites is 1. The van der Waals surface area contributed by atoms with Crippen LogP contribution in [0.4, 0.5) is 0 Å². The molecule has 378 valence electrons. The summed E-state index contributed by atoms with van der Waals surface area (Å²) in [5.74, 6) is -7.49. The summed E-state index contributed by atoms with van der Waals surface area (Å²) in [6.45, 7) is 9.32. The summed E-state index contributed by atoms with van der Waals surface area (Å²) >= 11 is 0. The van der Waals surface area contributed by atoms with Crippen LogP contribution in [-0.2, 0) is 62.4 Å². The van der Waals surface area contributed by atoms with E-state index in [-0.39, 0.29) is 44.4 Å². The number of aromatic amines is 2.